The number of carbonyl (C=O) groups is 2. The first-order chi connectivity index (χ1) is 8.47. The van der Waals surface area contributed by atoms with Gasteiger partial charge in [0.25, 0.3) is 0 Å². The largest absolute Gasteiger partial charge is 0.379 e. The molecule has 0 saturated carbocycles. The predicted octanol–water partition coefficient (Wildman–Crippen LogP) is 0.681. The molecular formula is C13H22N2O3. The molecule has 1 N–H and O–H groups in total. The third-order valence-electron chi connectivity index (χ3n) is 3.70. The van der Waals surface area contributed by atoms with Gasteiger partial charge in [0.2, 0.25) is 11.8 Å². The van der Waals surface area contributed by atoms with Crippen LogP contribution in [-0.2, 0) is 14.3 Å². The summed E-state index contributed by atoms with van der Waals surface area (Å²) in [6.07, 6.45) is 2.43. The number of nitrogens with one attached hydrogen (secondary N) is 1. The molecule has 102 valence electrons. The van der Waals surface area contributed by atoms with Crippen LogP contribution in [0.3, 0.4) is 0 Å². The Hall–Kier alpha value is -1.10. The molecule has 0 aromatic carbocycles. The van der Waals surface area contributed by atoms with E-state index in [-0.39, 0.29) is 23.9 Å². The van der Waals surface area contributed by atoms with Gasteiger partial charge >= 0.3 is 0 Å². The summed E-state index contributed by atoms with van der Waals surface area (Å²) in [5.74, 6) is -0.0237. The van der Waals surface area contributed by atoms with E-state index >= 15 is 0 Å². The Kier molecular flexibility index (Phi) is 3.61. The summed E-state index contributed by atoms with van der Waals surface area (Å²) >= 11 is 0. The summed E-state index contributed by atoms with van der Waals surface area (Å²) < 4.78 is 5.36. The number of carbonyl (C=O) groups excluding carboxylic acids is 2. The number of piperazine rings is 1. The number of ether oxygens (including phenoxy) is 1. The smallest absolute Gasteiger partial charge is 0.248 e. The van der Waals surface area contributed by atoms with Crippen LogP contribution in [0.4, 0.5) is 0 Å². The fourth-order valence-electron chi connectivity index (χ4n) is 2.74. The Morgan fingerprint density at radius 2 is 2.17 bits per heavy atom. The molecule has 18 heavy (non-hydrogen) atoms. The molecule has 2 saturated heterocycles. The number of hydrogen-bond acceptors (Lipinski definition) is 3. The Labute approximate surface area is 108 Å². The highest BCUT2D eigenvalue weighted by Crippen LogP contribution is 2.26. The molecule has 0 spiro atoms. The molecule has 2 aliphatic heterocycles. The molecule has 5 heteroatoms. The fraction of sp³-hybridized carbons (Fsp3) is 0.846. The predicted molar refractivity (Wildman–Crippen MR) is 67.0 cm³/mol. The highest BCUT2D eigenvalue weighted by molar-refractivity contribution is 5.99. The quantitative estimate of drug-likeness (QED) is 0.806. The van der Waals surface area contributed by atoms with Crippen molar-refractivity contribution in [3.63, 3.8) is 0 Å². The van der Waals surface area contributed by atoms with E-state index < -0.39 is 5.54 Å². The second-order valence-corrected chi connectivity index (χ2v) is 5.65. The van der Waals surface area contributed by atoms with Crippen LogP contribution >= 0.6 is 0 Å². The topological polar surface area (TPSA) is 58.6 Å². The van der Waals surface area contributed by atoms with Crippen LogP contribution in [0.1, 0.15) is 40.0 Å². The molecule has 2 aliphatic rings. The summed E-state index contributed by atoms with van der Waals surface area (Å²) in [6, 6.07) is -0.276. The van der Waals surface area contributed by atoms with E-state index in [9.17, 15) is 9.59 Å². The molecule has 0 aliphatic carbocycles. The molecule has 0 aromatic rings. The standard InChI is InChI=1S/C13H22N2O3/c1-4-5-10-11(16)14-13(2,3)12(17)15(10)9-6-7-18-8-9/h9-10H,4-8H2,1-3H3,(H,14,16). The van der Waals surface area contributed by atoms with Crippen LogP contribution in [0.15, 0.2) is 0 Å². The minimum absolute atomic E-state index is 0.0102. The van der Waals surface area contributed by atoms with E-state index in [0.717, 1.165) is 12.8 Å². The molecule has 2 fully saturated rings. The van der Waals surface area contributed by atoms with Crippen molar-refractivity contribution >= 4 is 11.8 Å². The molecule has 2 atom stereocenters. The van der Waals surface area contributed by atoms with Crippen molar-refractivity contribution in [2.24, 2.45) is 0 Å². The number of nitrogens with zero attached hydrogens (tertiary/aromatic N) is 1. The molecule has 2 rings (SSSR count). The monoisotopic (exact) mass is 254 g/mol. The first kappa shape index (κ1) is 13.3. The van der Waals surface area contributed by atoms with E-state index in [1.54, 1.807) is 18.7 Å². The average molecular weight is 254 g/mol. The normalized spacial score (nSPS) is 31.6. The maximum atomic E-state index is 12.5. The van der Waals surface area contributed by atoms with Gasteiger partial charge in [-0.15, -0.1) is 0 Å². The van der Waals surface area contributed by atoms with Gasteiger partial charge in [-0.2, -0.15) is 0 Å². The lowest BCUT2D eigenvalue weighted by Crippen LogP contribution is -2.70. The average Bonchev–Trinajstić information content (AvgIpc) is 2.79. The number of rotatable bonds is 3. The minimum Gasteiger partial charge on any atom is -0.379 e. The molecule has 2 heterocycles. The summed E-state index contributed by atoms with van der Waals surface area (Å²) in [7, 11) is 0. The molecule has 5 nitrogen and oxygen atoms in total. The van der Waals surface area contributed by atoms with Gasteiger partial charge in [0, 0.05) is 6.61 Å². The van der Waals surface area contributed by atoms with E-state index in [0.29, 0.717) is 19.6 Å². The maximum Gasteiger partial charge on any atom is 0.248 e. The molecule has 2 amide bonds. The van der Waals surface area contributed by atoms with Crippen molar-refractivity contribution in [2.75, 3.05) is 13.2 Å². The molecule has 0 radical (unpaired) electrons. The van der Waals surface area contributed by atoms with Crippen LogP contribution < -0.4 is 5.32 Å². The lowest BCUT2D eigenvalue weighted by molar-refractivity contribution is -0.156. The van der Waals surface area contributed by atoms with Gasteiger partial charge in [-0.25, -0.2) is 0 Å². The molecular weight excluding hydrogens is 232 g/mol. The van der Waals surface area contributed by atoms with Crippen molar-refractivity contribution in [1.82, 2.24) is 10.2 Å². The van der Waals surface area contributed by atoms with Crippen LogP contribution in [0.5, 0.6) is 0 Å². The van der Waals surface area contributed by atoms with Crippen LogP contribution in [0.25, 0.3) is 0 Å². The highest BCUT2D eigenvalue weighted by atomic mass is 16.5. The number of hydrogen-bond donors (Lipinski definition) is 1. The first-order valence-corrected chi connectivity index (χ1v) is 6.70. The van der Waals surface area contributed by atoms with Crippen molar-refractivity contribution in [3.8, 4) is 0 Å². The van der Waals surface area contributed by atoms with E-state index in [4.69, 9.17) is 4.74 Å². The summed E-state index contributed by atoms with van der Waals surface area (Å²) in [6.45, 7) is 6.78. The van der Waals surface area contributed by atoms with E-state index in [2.05, 4.69) is 5.32 Å². The van der Waals surface area contributed by atoms with Gasteiger partial charge in [0.05, 0.1) is 12.6 Å². The van der Waals surface area contributed by atoms with Crippen LogP contribution in [0, 0.1) is 0 Å². The molecule has 0 aromatic heterocycles. The SMILES string of the molecule is CCCC1C(=O)NC(C)(C)C(=O)N1C1CCOC1. The van der Waals surface area contributed by atoms with E-state index in [1.807, 2.05) is 6.92 Å². The summed E-state index contributed by atoms with van der Waals surface area (Å²) in [5, 5.41) is 2.82. The van der Waals surface area contributed by atoms with Gasteiger partial charge in [-0.05, 0) is 26.7 Å². The Morgan fingerprint density at radius 3 is 2.72 bits per heavy atom. The van der Waals surface area contributed by atoms with Gasteiger partial charge in [-0.1, -0.05) is 13.3 Å². The zero-order valence-corrected chi connectivity index (χ0v) is 11.4. The van der Waals surface area contributed by atoms with Crippen molar-refractivity contribution < 1.29 is 14.3 Å². The summed E-state index contributed by atoms with van der Waals surface area (Å²) in [5.41, 5.74) is -0.802. The summed E-state index contributed by atoms with van der Waals surface area (Å²) in [4.78, 5) is 26.5. The van der Waals surface area contributed by atoms with E-state index in [1.165, 1.54) is 0 Å². The number of amides is 2. The highest BCUT2D eigenvalue weighted by Gasteiger charge is 2.47. The van der Waals surface area contributed by atoms with Gasteiger partial charge in [0.15, 0.2) is 0 Å². The second-order valence-electron chi connectivity index (χ2n) is 5.65. The van der Waals surface area contributed by atoms with Crippen molar-refractivity contribution in [1.29, 1.82) is 0 Å². The Bertz CT molecular complexity index is 348. The second kappa shape index (κ2) is 4.88. The van der Waals surface area contributed by atoms with Gasteiger partial charge in [0.1, 0.15) is 11.6 Å². The van der Waals surface area contributed by atoms with Crippen molar-refractivity contribution in [2.45, 2.75) is 57.7 Å². The third kappa shape index (κ3) is 2.23. The zero-order valence-electron chi connectivity index (χ0n) is 11.4. The lowest BCUT2D eigenvalue weighted by Gasteiger charge is -2.45. The van der Waals surface area contributed by atoms with Gasteiger partial charge < -0.3 is 15.0 Å². The van der Waals surface area contributed by atoms with Gasteiger partial charge in [-0.3, -0.25) is 9.59 Å². The Balaban J connectivity index is 2.26. The fourth-order valence-corrected chi connectivity index (χ4v) is 2.74. The minimum atomic E-state index is -0.802. The molecule has 2 unspecified atom stereocenters. The van der Waals surface area contributed by atoms with Crippen LogP contribution in [0.2, 0.25) is 0 Å². The lowest BCUT2D eigenvalue weighted by atomic mass is 9.93. The Morgan fingerprint density at radius 1 is 1.44 bits per heavy atom. The van der Waals surface area contributed by atoms with Crippen LogP contribution in [-0.4, -0.2) is 47.6 Å². The van der Waals surface area contributed by atoms with Crippen molar-refractivity contribution in [3.05, 3.63) is 0 Å². The first-order valence-electron chi connectivity index (χ1n) is 6.70. The third-order valence-corrected chi connectivity index (χ3v) is 3.70. The zero-order chi connectivity index (χ0) is 13.3. The maximum absolute atomic E-state index is 12.5. The molecule has 0 bridgehead atoms.